The number of imidazole rings is 1. The zero-order valence-electron chi connectivity index (χ0n) is 19.1. The number of hydrogen-bond acceptors (Lipinski definition) is 5. The van der Waals surface area contributed by atoms with Crippen LogP contribution in [0, 0.1) is 0 Å². The lowest BCUT2D eigenvalue weighted by atomic mass is 10.1. The van der Waals surface area contributed by atoms with E-state index < -0.39 is 11.9 Å². The predicted octanol–water partition coefficient (Wildman–Crippen LogP) is 6.78. The first-order valence-corrected chi connectivity index (χ1v) is 11.3. The van der Waals surface area contributed by atoms with Crippen LogP contribution in [0.2, 0.25) is 5.28 Å². The fourth-order valence-corrected chi connectivity index (χ4v) is 3.55. The van der Waals surface area contributed by atoms with Crippen LogP contribution in [0.4, 0.5) is 19.0 Å². The van der Waals surface area contributed by atoms with E-state index in [1.165, 1.54) is 10.8 Å². The highest BCUT2D eigenvalue weighted by Gasteiger charge is 2.35. The average Bonchev–Trinajstić information content (AvgIpc) is 3.30. The van der Waals surface area contributed by atoms with Crippen LogP contribution in [0.25, 0.3) is 11.4 Å². The maximum atomic E-state index is 13.2. The van der Waals surface area contributed by atoms with Crippen molar-refractivity contribution in [3.8, 4) is 17.1 Å². The molecule has 2 heterocycles. The molecule has 0 bridgehead atoms. The molecule has 0 aliphatic heterocycles. The van der Waals surface area contributed by atoms with Crippen molar-refractivity contribution in [1.82, 2.24) is 19.5 Å². The summed E-state index contributed by atoms with van der Waals surface area (Å²) in [6.45, 7) is 4.36. The van der Waals surface area contributed by atoms with Crippen molar-refractivity contribution < 1.29 is 17.9 Å². The van der Waals surface area contributed by atoms with E-state index in [9.17, 15) is 13.2 Å². The summed E-state index contributed by atoms with van der Waals surface area (Å²) in [7, 11) is 0. The predicted molar refractivity (Wildman–Crippen MR) is 128 cm³/mol. The van der Waals surface area contributed by atoms with Crippen molar-refractivity contribution in [1.29, 1.82) is 0 Å². The van der Waals surface area contributed by atoms with Crippen molar-refractivity contribution >= 4 is 17.4 Å². The Hall–Kier alpha value is -3.59. The van der Waals surface area contributed by atoms with Crippen molar-refractivity contribution in [3.63, 3.8) is 0 Å². The van der Waals surface area contributed by atoms with E-state index in [1.807, 2.05) is 56.3 Å². The summed E-state index contributed by atoms with van der Waals surface area (Å²) in [6.07, 6.45) is -1.95. The maximum absolute atomic E-state index is 13.2. The zero-order valence-corrected chi connectivity index (χ0v) is 19.8. The number of benzene rings is 2. The van der Waals surface area contributed by atoms with Crippen LogP contribution in [0.3, 0.4) is 0 Å². The summed E-state index contributed by atoms with van der Waals surface area (Å²) in [5, 5.41) is 3.27. The third kappa shape index (κ3) is 6.10. The molecule has 4 aromatic rings. The largest absolute Gasteiger partial charge is 0.483 e. The summed E-state index contributed by atoms with van der Waals surface area (Å²) in [5.74, 6) is 1.16. The Morgan fingerprint density at radius 1 is 1.00 bits per heavy atom. The average molecular weight is 502 g/mol. The third-order valence-electron chi connectivity index (χ3n) is 5.21. The Kier molecular flexibility index (Phi) is 7.25. The van der Waals surface area contributed by atoms with Gasteiger partial charge in [-0.25, -0.2) is 9.97 Å². The Balaban J connectivity index is 1.48. The SMILES string of the molecule is CC(C)n1cc(C(F)(F)F)nc1-c1ccc(CNc2nc(Cl)ncc2OCc2ccccc2)cc1. The molecule has 0 atom stereocenters. The van der Waals surface area contributed by atoms with E-state index in [1.54, 1.807) is 12.1 Å². The molecule has 0 saturated heterocycles. The van der Waals surface area contributed by atoms with E-state index in [2.05, 4.69) is 20.3 Å². The number of halogens is 4. The van der Waals surface area contributed by atoms with E-state index in [0.29, 0.717) is 30.3 Å². The molecule has 0 unspecified atom stereocenters. The van der Waals surface area contributed by atoms with Gasteiger partial charge in [-0.1, -0.05) is 54.6 Å². The molecule has 0 spiro atoms. The number of alkyl halides is 3. The second-order valence-electron chi connectivity index (χ2n) is 8.13. The van der Waals surface area contributed by atoms with E-state index >= 15 is 0 Å². The Morgan fingerprint density at radius 3 is 2.37 bits per heavy atom. The Bertz CT molecular complexity index is 1270. The number of hydrogen-bond donors (Lipinski definition) is 1. The monoisotopic (exact) mass is 501 g/mol. The lowest BCUT2D eigenvalue weighted by Crippen LogP contribution is -2.06. The van der Waals surface area contributed by atoms with Crippen LogP contribution < -0.4 is 10.1 Å². The summed E-state index contributed by atoms with van der Waals surface area (Å²) >= 11 is 5.97. The molecule has 0 fully saturated rings. The van der Waals surface area contributed by atoms with Gasteiger partial charge in [0, 0.05) is 24.3 Å². The van der Waals surface area contributed by atoms with Crippen LogP contribution in [0.5, 0.6) is 5.75 Å². The molecule has 4 rings (SSSR count). The number of ether oxygens (including phenoxy) is 1. The maximum Gasteiger partial charge on any atom is 0.434 e. The van der Waals surface area contributed by atoms with Gasteiger partial charge in [0.1, 0.15) is 12.4 Å². The molecule has 0 radical (unpaired) electrons. The zero-order chi connectivity index (χ0) is 25.0. The number of nitrogens with zero attached hydrogens (tertiary/aromatic N) is 4. The molecular weight excluding hydrogens is 479 g/mol. The second-order valence-corrected chi connectivity index (χ2v) is 8.46. The Labute approximate surface area is 205 Å². The van der Waals surface area contributed by atoms with Gasteiger partial charge in [-0.2, -0.15) is 18.2 Å². The van der Waals surface area contributed by atoms with Crippen LogP contribution in [-0.2, 0) is 19.3 Å². The summed E-state index contributed by atoms with van der Waals surface area (Å²) in [6, 6.07) is 16.7. The Morgan fingerprint density at radius 2 is 1.71 bits per heavy atom. The first-order chi connectivity index (χ1) is 16.7. The highest BCUT2D eigenvalue weighted by molar-refractivity contribution is 6.28. The van der Waals surface area contributed by atoms with Crippen molar-refractivity contribution in [2.24, 2.45) is 0 Å². The van der Waals surface area contributed by atoms with Crippen molar-refractivity contribution in [2.75, 3.05) is 5.32 Å². The van der Waals surface area contributed by atoms with Crippen LogP contribution in [-0.4, -0.2) is 19.5 Å². The molecule has 10 heteroatoms. The van der Waals surface area contributed by atoms with E-state index in [4.69, 9.17) is 16.3 Å². The van der Waals surface area contributed by atoms with Gasteiger partial charge in [0.2, 0.25) is 5.28 Å². The lowest BCUT2D eigenvalue weighted by Gasteiger charge is -2.13. The van der Waals surface area contributed by atoms with Gasteiger partial charge < -0.3 is 14.6 Å². The molecule has 0 aliphatic carbocycles. The highest BCUT2D eigenvalue weighted by atomic mass is 35.5. The van der Waals surface area contributed by atoms with E-state index in [-0.39, 0.29) is 17.1 Å². The molecule has 1 N–H and O–H groups in total. The number of rotatable bonds is 8. The first kappa shape index (κ1) is 24.5. The summed E-state index contributed by atoms with van der Waals surface area (Å²) in [5.41, 5.74) is 1.57. The van der Waals surface area contributed by atoms with Gasteiger partial charge >= 0.3 is 6.18 Å². The van der Waals surface area contributed by atoms with Gasteiger partial charge in [-0.15, -0.1) is 0 Å². The van der Waals surface area contributed by atoms with Gasteiger partial charge in [-0.05, 0) is 36.6 Å². The van der Waals surface area contributed by atoms with Crippen LogP contribution in [0.1, 0.15) is 36.7 Å². The molecule has 182 valence electrons. The molecular formula is C25H23ClF3N5O. The van der Waals surface area contributed by atoms with Crippen LogP contribution in [0.15, 0.2) is 67.0 Å². The first-order valence-electron chi connectivity index (χ1n) is 10.9. The van der Waals surface area contributed by atoms with Gasteiger partial charge in [0.05, 0.1) is 6.20 Å². The molecule has 6 nitrogen and oxygen atoms in total. The topological polar surface area (TPSA) is 64.9 Å². The second kappa shape index (κ2) is 10.4. The molecule has 35 heavy (non-hydrogen) atoms. The summed E-state index contributed by atoms with van der Waals surface area (Å²) in [4.78, 5) is 12.1. The number of aromatic nitrogens is 4. The quantitative estimate of drug-likeness (QED) is 0.269. The minimum atomic E-state index is -4.50. The number of anilines is 1. The standard InChI is InChI=1S/C25H23ClF3N5O/c1-16(2)34-14-21(25(27,28)29)32-23(34)19-10-8-17(9-11-19)12-30-22-20(13-31-24(26)33-22)35-15-18-6-4-3-5-7-18/h3-11,13-14,16H,12,15H2,1-2H3,(H,30,31,33). The molecule has 2 aromatic carbocycles. The van der Waals surface area contributed by atoms with Crippen LogP contribution >= 0.6 is 11.6 Å². The van der Waals surface area contributed by atoms with E-state index in [0.717, 1.165) is 17.3 Å². The molecule has 2 aromatic heterocycles. The van der Waals surface area contributed by atoms with Crippen molar-refractivity contribution in [2.45, 2.75) is 39.2 Å². The third-order valence-corrected chi connectivity index (χ3v) is 5.40. The fraction of sp³-hybridized carbons (Fsp3) is 0.240. The summed E-state index contributed by atoms with van der Waals surface area (Å²) < 4.78 is 46.9. The minimum absolute atomic E-state index is 0.0795. The smallest absolute Gasteiger partial charge is 0.434 e. The minimum Gasteiger partial charge on any atom is -0.483 e. The molecule has 0 aliphatic rings. The molecule has 0 amide bonds. The van der Waals surface area contributed by atoms with Gasteiger partial charge in [0.15, 0.2) is 17.3 Å². The van der Waals surface area contributed by atoms with Gasteiger partial charge in [0.25, 0.3) is 0 Å². The van der Waals surface area contributed by atoms with Gasteiger partial charge in [-0.3, -0.25) is 0 Å². The fourth-order valence-electron chi connectivity index (χ4n) is 3.41. The lowest BCUT2D eigenvalue weighted by molar-refractivity contribution is -0.140. The highest BCUT2D eigenvalue weighted by Crippen LogP contribution is 2.32. The molecule has 0 saturated carbocycles. The number of nitrogens with one attached hydrogen (secondary N) is 1. The normalized spacial score (nSPS) is 11.6. The van der Waals surface area contributed by atoms with Crippen molar-refractivity contribution in [3.05, 3.63) is 89.1 Å².